The summed E-state index contributed by atoms with van der Waals surface area (Å²) < 4.78 is 2.46. The van der Waals surface area contributed by atoms with Crippen LogP contribution in [0, 0.1) is 10.1 Å². The molecular weight excluding hydrogens is 300 g/mol. The fourth-order valence-corrected chi connectivity index (χ4v) is 2.12. The van der Waals surface area contributed by atoms with Crippen molar-refractivity contribution in [1.82, 2.24) is 4.57 Å². The van der Waals surface area contributed by atoms with Crippen LogP contribution in [0.1, 0.15) is 11.3 Å². The summed E-state index contributed by atoms with van der Waals surface area (Å²) in [5, 5.41) is 20.1. The molecule has 0 amide bonds. The Labute approximate surface area is 112 Å². The van der Waals surface area contributed by atoms with Crippen molar-refractivity contribution in [3.05, 3.63) is 62.4 Å². The molecule has 18 heavy (non-hydrogen) atoms. The molecule has 2 rings (SSSR count). The van der Waals surface area contributed by atoms with Crippen LogP contribution >= 0.6 is 15.9 Å². The number of hydrogen-bond acceptors (Lipinski definition) is 3. The van der Waals surface area contributed by atoms with Gasteiger partial charge in [-0.2, -0.15) is 0 Å². The van der Waals surface area contributed by atoms with E-state index in [1.165, 1.54) is 6.07 Å². The van der Waals surface area contributed by atoms with Gasteiger partial charge in [0.15, 0.2) is 0 Å². The minimum Gasteiger partial charge on any atom is -0.390 e. The maximum absolute atomic E-state index is 11.0. The van der Waals surface area contributed by atoms with E-state index in [-0.39, 0.29) is 12.3 Å². The van der Waals surface area contributed by atoms with Gasteiger partial charge in [-0.05, 0) is 24.3 Å². The molecule has 1 heterocycles. The molecule has 0 atom stereocenters. The molecule has 5 nitrogen and oxygen atoms in total. The molecule has 0 aliphatic carbocycles. The summed E-state index contributed by atoms with van der Waals surface area (Å²) in [6.45, 7) is 0.282. The third-order valence-corrected chi connectivity index (χ3v) is 3.16. The topological polar surface area (TPSA) is 68.3 Å². The van der Waals surface area contributed by atoms with Crippen LogP contribution in [0.5, 0.6) is 0 Å². The van der Waals surface area contributed by atoms with E-state index in [0.29, 0.717) is 16.6 Å². The zero-order valence-electron chi connectivity index (χ0n) is 9.41. The summed E-state index contributed by atoms with van der Waals surface area (Å²) in [6.07, 6.45) is 1.79. The molecule has 2 aromatic rings. The maximum Gasteiger partial charge on any atom is 0.275 e. The van der Waals surface area contributed by atoms with Crippen LogP contribution < -0.4 is 0 Å². The van der Waals surface area contributed by atoms with Gasteiger partial charge in [-0.15, -0.1) is 0 Å². The first kappa shape index (κ1) is 12.8. The minimum absolute atomic E-state index is 0.0713. The molecule has 0 saturated heterocycles. The Kier molecular flexibility index (Phi) is 3.78. The van der Waals surface area contributed by atoms with Gasteiger partial charge in [-0.1, -0.05) is 15.9 Å². The van der Waals surface area contributed by atoms with E-state index in [1.54, 1.807) is 35.0 Å². The molecule has 0 unspecified atom stereocenters. The molecule has 0 bridgehead atoms. The molecule has 1 aromatic heterocycles. The number of aromatic nitrogens is 1. The molecule has 6 heteroatoms. The second-order valence-electron chi connectivity index (χ2n) is 3.82. The van der Waals surface area contributed by atoms with Crippen LogP contribution in [-0.2, 0) is 13.2 Å². The van der Waals surface area contributed by atoms with Crippen LogP contribution in [-0.4, -0.2) is 14.6 Å². The Balaban J connectivity index is 2.37. The first-order valence-electron chi connectivity index (χ1n) is 5.29. The molecule has 0 spiro atoms. The lowest BCUT2D eigenvalue weighted by Gasteiger charge is -2.08. The van der Waals surface area contributed by atoms with Gasteiger partial charge in [0, 0.05) is 28.0 Å². The number of nitro benzene ring substituents is 1. The van der Waals surface area contributed by atoms with Gasteiger partial charge in [-0.3, -0.25) is 10.1 Å². The zero-order valence-corrected chi connectivity index (χ0v) is 11.0. The van der Waals surface area contributed by atoms with E-state index in [2.05, 4.69) is 15.9 Å². The van der Waals surface area contributed by atoms with Crippen molar-refractivity contribution in [3.63, 3.8) is 0 Å². The Morgan fingerprint density at radius 3 is 2.83 bits per heavy atom. The van der Waals surface area contributed by atoms with Crippen molar-refractivity contribution in [2.45, 2.75) is 13.2 Å². The summed E-state index contributed by atoms with van der Waals surface area (Å²) in [7, 11) is 0. The van der Waals surface area contributed by atoms with Gasteiger partial charge < -0.3 is 9.67 Å². The first-order chi connectivity index (χ1) is 8.61. The van der Waals surface area contributed by atoms with Crippen LogP contribution in [0.4, 0.5) is 5.69 Å². The lowest BCUT2D eigenvalue weighted by molar-refractivity contribution is -0.385. The quantitative estimate of drug-likeness (QED) is 0.697. The molecule has 0 radical (unpaired) electrons. The monoisotopic (exact) mass is 310 g/mol. The number of nitrogens with zero attached hydrogens (tertiary/aromatic N) is 2. The standard InChI is InChI=1S/C12H11BrN2O3/c13-10-4-3-9(12(6-10)15(17)18)7-14-5-1-2-11(14)8-16/h1-6,16H,7-8H2. The van der Waals surface area contributed by atoms with E-state index < -0.39 is 4.92 Å². The molecule has 0 aliphatic heterocycles. The van der Waals surface area contributed by atoms with Gasteiger partial charge in [-0.25, -0.2) is 0 Å². The van der Waals surface area contributed by atoms with Gasteiger partial charge in [0.05, 0.1) is 18.1 Å². The molecule has 1 N–H and O–H groups in total. The lowest BCUT2D eigenvalue weighted by Crippen LogP contribution is -2.05. The summed E-state index contributed by atoms with van der Waals surface area (Å²) in [4.78, 5) is 10.6. The molecule has 94 valence electrons. The largest absolute Gasteiger partial charge is 0.390 e. The van der Waals surface area contributed by atoms with E-state index >= 15 is 0 Å². The fraction of sp³-hybridized carbons (Fsp3) is 0.167. The first-order valence-corrected chi connectivity index (χ1v) is 6.09. The average molecular weight is 311 g/mol. The summed E-state index contributed by atoms with van der Waals surface area (Å²) in [6, 6.07) is 8.55. The van der Waals surface area contributed by atoms with Crippen molar-refractivity contribution in [2.75, 3.05) is 0 Å². The highest BCUT2D eigenvalue weighted by atomic mass is 79.9. The highest BCUT2D eigenvalue weighted by molar-refractivity contribution is 9.10. The lowest BCUT2D eigenvalue weighted by atomic mass is 10.2. The van der Waals surface area contributed by atoms with Crippen molar-refractivity contribution in [1.29, 1.82) is 0 Å². The highest BCUT2D eigenvalue weighted by Crippen LogP contribution is 2.24. The number of benzene rings is 1. The minimum atomic E-state index is -0.401. The number of aliphatic hydroxyl groups is 1. The van der Waals surface area contributed by atoms with Crippen LogP contribution in [0.3, 0.4) is 0 Å². The van der Waals surface area contributed by atoms with E-state index in [4.69, 9.17) is 5.11 Å². The number of hydrogen-bond donors (Lipinski definition) is 1. The predicted molar refractivity (Wildman–Crippen MR) is 70.3 cm³/mol. The van der Waals surface area contributed by atoms with Crippen LogP contribution in [0.2, 0.25) is 0 Å². The van der Waals surface area contributed by atoms with Gasteiger partial charge in [0.2, 0.25) is 0 Å². The van der Waals surface area contributed by atoms with Gasteiger partial charge in [0.25, 0.3) is 5.69 Å². The summed E-state index contributed by atoms with van der Waals surface area (Å²) in [5.74, 6) is 0. The molecular formula is C12H11BrN2O3. The normalized spacial score (nSPS) is 10.6. The third-order valence-electron chi connectivity index (χ3n) is 2.67. The van der Waals surface area contributed by atoms with Gasteiger partial charge >= 0.3 is 0 Å². The maximum atomic E-state index is 11.0. The second kappa shape index (κ2) is 5.32. The summed E-state index contributed by atoms with van der Waals surface area (Å²) >= 11 is 3.22. The molecule has 1 aromatic carbocycles. The van der Waals surface area contributed by atoms with Crippen molar-refractivity contribution >= 4 is 21.6 Å². The number of nitro groups is 1. The van der Waals surface area contributed by atoms with Gasteiger partial charge in [0.1, 0.15) is 0 Å². The second-order valence-corrected chi connectivity index (χ2v) is 4.73. The Morgan fingerprint density at radius 1 is 1.39 bits per heavy atom. The average Bonchev–Trinajstić information content (AvgIpc) is 2.78. The molecule has 0 fully saturated rings. The number of rotatable bonds is 4. The third kappa shape index (κ3) is 2.60. The Bertz CT molecular complexity index is 580. The summed E-state index contributed by atoms with van der Waals surface area (Å²) in [5.41, 5.74) is 1.41. The number of halogens is 1. The fourth-order valence-electron chi connectivity index (χ4n) is 1.77. The zero-order chi connectivity index (χ0) is 13.1. The number of aliphatic hydroxyl groups excluding tert-OH is 1. The predicted octanol–water partition coefficient (Wildman–Crippen LogP) is 2.70. The highest BCUT2D eigenvalue weighted by Gasteiger charge is 2.14. The van der Waals surface area contributed by atoms with Crippen molar-refractivity contribution in [2.24, 2.45) is 0 Å². The SMILES string of the molecule is O=[N+]([O-])c1cc(Br)ccc1Cn1cccc1CO. The smallest absolute Gasteiger partial charge is 0.275 e. The molecule has 0 aliphatic rings. The van der Waals surface area contributed by atoms with Crippen LogP contribution in [0.25, 0.3) is 0 Å². The van der Waals surface area contributed by atoms with E-state index in [9.17, 15) is 10.1 Å². The Morgan fingerprint density at radius 2 is 2.17 bits per heavy atom. The molecule has 0 saturated carbocycles. The van der Waals surface area contributed by atoms with Crippen molar-refractivity contribution < 1.29 is 10.0 Å². The van der Waals surface area contributed by atoms with Crippen LogP contribution in [0.15, 0.2) is 41.0 Å². The Hall–Kier alpha value is -1.66. The van der Waals surface area contributed by atoms with E-state index in [1.807, 2.05) is 0 Å². The van der Waals surface area contributed by atoms with E-state index in [0.717, 1.165) is 5.69 Å². The van der Waals surface area contributed by atoms with Crippen molar-refractivity contribution in [3.8, 4) is 0 Å².